The molecule has 0 saturated carbocycles. The van der Waals surface area contributed by atoms with Crippen LogP contribution in [0.1, 0.15) is 67.5 Å². The molecule has 0 unspecified atom stereocenters. The van der Waals surface area contributed by atoms with Crippen LogP contribution in [0.5, 0.6) is 0 Å². The predicted molar refractivity (Wildman–Crippen MR) is 158 cm³/mol. The van der Waals surface area contributed by atoms with Crippen LogP contribution in [0.4, 0.5) is 0 Å². The van der Waals surface area contributed by atoms with Crippen molar-refractivity contribution in [3.8, 4) is 0 Å². The second kappa shape index (κ2) is 14.9. The zero-order valence-electron chi connectivity index (χ0n) is 24.4. The number of amides is 4. The lowest BCUT2D eigenvalue weighted by molar-refractivity contribution is -0.133. The number of hydrogen-bond donors (Lipinski definition) is 4. The van der Waals surface area contributed by atoms with Crippen LogP contribution in [0.3, 0.4) is 0 Å². The molecule has 4 amide bonds. The third kappa shape index (κ3) is 8.87. The van der Waals surface area contributed by atoms with Crippen molar-refractivity contribution in [2.45, 2.75) is 70.6 Å². The molecule has 1 aromatic carbocycles. The molecule has 12 heteroatoms. The van der Waals surface area contributed by atoms with Gasteiger partial charge in [0.1, 0.15) is 24.4 Å². The molecule has 3 atom stereocenters. The summed E-state index contributed by atoms with van der Waals surface area (Å²) in [5, 5.41) is 11.4. The highest BCUT2D eigenvalue weighted by Gasteiger charge is 2.31. The van der Waals surface area contributed by atoms with E-state index in [0.717, 1.165) is 5.56 Å². The highest BCUT2D eigenvalue weighted by Crippen LogP contribution is 2.20. The van der Waals surface area contributed by atoms with E-state index in [4.69, 9.17) is 4.42 Å². The summed E-state index contributed by atoms with van der Waals surface area (Å²) in [6.45, 7) is 4.12. The number of rotatable bonds is 7. The lowest BCUT2D eigenvalue weighted by Gasteiger charge is -2.27. The van der Waals surface area contributed by atoms with Gasteiger partial charge in [-0.1, -0.05) is 50.2 Å². The number of benzene rings is 1. The number of aromatic nitrogens is 2. The van der Waals surface area contributed by atoms with Crippen LogP contribution in [0.15, 0.2) is 70.2 Å². The Kier molecular flexibility index (Phi) is 10.8. The minimum Gasteiger partial charge on any atom is -0.446 e. The Morgan fingerprint density at radius 1 is 1.02 bits per heavy atom. The van der Waals surface area contributed by atoms with E-state index < -0.39 is 41.8 Å². The standard InChI is InChI=1S/C31H38N6O6/c1-20(2)27-30(42)34-23(18-21-10-4-3-5-11-21)31-35-24(19-43-31)28(40)32-15-8-6-12-22(29(41)36-27)33-25(38)14-17-37-16-9-7-13-26(37)39/h3-5,7,9-11,13,16,19-20,22-23,27H,6,8,12,14-15,17-18H2,1-2H3,(H,32,40)(H,33,38)(H,34,42)(H,36,41)/t22-,23+,27-/m0/s1. The van der Waals surface area contributed by atoms with Gasteiger partial charge in [-0.05, 0) is 36.8 Å². The summed E-state index contributed by atoms with van der Waals surface area (Å²) in [5.41, 5.74) is 0.791. The molecule has 228 valence electrons. The molecule has 3 aromatic rings. The molecule has 3 heterocycles. The molecular formula is C31H38N6O6. The van der Waals surface area contributed by atoms with E-state index in [0.29, 0.717) is 25.8 Å². The summed E-state index contributed by atoms with van der Waals surface area (Å²) in [6, 6.07) is 11.7. The fourth-order valence-electron chi connectivity index (χ4n) is 4.82. The van der Waals surface area contributed by atoms with Gasteiger partial charge in [0.2, 0.25) is 23.6 Å². The van der Waals surface area contributed by atoms with Gasteiger partial charge in [0.15, 0.2) is 5.69 Å². The van der Waals surface area contributed by atoms with Gasteiger partial charge >= 0.3 is 0 Å². The quantitative estimate of drug-likeness (QED) is 0.326. The summed E-state index contributed by atoms with van der Waals surface area (Å²) in [6.07, 6.45) is 4.55. The minimum absolute atomic E-state index is 0.00373. The summed E-state index contributed by atoms with van der Waals surface area (Å²) in [5.74, 6) is -1.86. The fourth-order valence-corrected chi connectivity index (χ4v) is 4.82. The number of carbonyl (C=O) groups excluding carboxylic acids is 4. The number of carbonyl (C=O) groups is 4. The van der Waals surface area contributed by atoms with Gasteiger partial charge in [-0.25, -0.2) is 4.98 Å². The molecule has 0 saturated heterocycles. The molecular weight excluding hydrogens is 552 g/mol. The highest BCUT2D eigenvalue weighted by atomic mass is 16.3. The third-order valence-corrected chi connectivity index (χ3v) is 7.23. The van der Waals surface area contributed by atoms with Crippen molar-refractivity contribution in [1.29, 1.82) is 0 Å². The molecule has 43 heavy (non-hydrogen) atoms. The van der Waals surface area contributed by atoms with Gasteiger partial charge in [0.05, 0.1) is 0 Å². The van der Waals surface area contributed by atoms with Crippen LogP contribution in [0.25, 0.3) is 0 Å². The molecule has 0 aliphatic carbocycles. The number of nitrogens with zero attached hydrogens (tertiary/aromatic N) is 2. The maximum absolute atomic E-state index is 13.6. The molecule has 0 radical (unpaired) electrons. The van der Waals surface area contributed by atoms with Crippen LogP contribution < -0.4 is 26.8 Å². The normalized spacial score (nSPS) is 20.2. The zero-order valence-corrected chi connectivity index (χ0v) is 24.4. The second-order valence-electron chi connectivity index (χ2n) is 10.9. The van der Waals surface area contributed by atoms with Gasteiger partial charge in [-0.2, -0.15) is 0 Å². The first-order chi connectivity index (χ1) is 20.7. The van der Waals surface area contributed by atoms with Gasteiger partial charge in [0.25, 0.3) is 11.5 Å². The second-order valence-corrected chi connectivity index (χ2v) is 10.9. The van der Waals surface area contributed by atoms with Crippen molar-refractivity contribution in [3.05, 3.63) is 88.5 Å². The largest absolute Gasteiger partial charge is 0.446 e. The van der Waals surface area contributed by atoms with E-state index in [1.807, 2.05) is 44.2 Å². The molecule has 4 N–H and O–H groups in total. The van der Waals surface area contributed by atoms with Crippen LogP contribution in [0.2, 0.25) is 0 Å². The molecule has 12 nitrogen and oxygen atoms in total. The maximum atomic E-state index is 13.6. The van der Waals surface area contributed by atoms with Crippen molar-refractivity contribution < 1.29 is 23.6 Å². The van der Waals surface area contributed by atoms with Crippen molar-refractivity contribution in [1.82, 2.24) is 30.8 Å². The first-order valence-electron chi connectivity index (χ1n) is 14.5. The number of fused-ring (bicyclic) bond motifs is 2. The number of hydrogen-bond acceptors (Lipinski definition) is 7. The molecule has 1 aliphatic heterocycles. The minimum atomic E-state index is -0.918. The summed E-state index contributed by atoms with van der Waals surface area (Å²) < 4.78 is 7.06. The third-order valence-electron chi connectivity index (χ3n) is 7.23. The molecule has 2 bridgehead atoms. The zero-order chi connectivity index (χ0) is 30.8. The van der Waals surface area contributed by atoms with E-state index in [-0.39, 0.29) is 42.4 Å². The predicted octanol–water partition coefficient (Wildman–Crippen LogP) is 1.87. The first kappa shape index (κ1) is 31.2. The molecule has 1 aliphatic rings. The van der Waals surface area contributed by atoms with Crippen LogP contribution in [-0.4, -0.2) is 51.8 Å². The summed E-state index contributed by atoms with van der Waals surface area (Å²) >= 11 is 0. The monoisotopic (exact) mass is 590 g/mol. The van der Waals surface area contributed by atoms with Crippen LogP contribution in [0, 0.1) is 5.92 Å². The Bertz CT molecular complexity index is 1470. The van der Waals surface area contributed by atoms with Crippen LogP contribution >= 0.6 is 0 Å². The van der Waals surface area contributed by atoms with Gasteiger partial charge in [0, 0.05) is 38.2 Å². The van der Waals surface area contributed by atoms with E-state index in [2.05, 4.69) is 26.3 Å². The number of oxazole rings is 1. The smallest absolute Gasteiger partial charge is 0.273 e. The Labute approximate surface area is 249 Å². The van der Waals surface area contributed by atoms with Crippen molar-refractivity contribution in [3.63, 3.8) is 0 Å². The first-order valence-corrected chi connectivity index (χ1v) is 14.5. The number of pyridine rings is 1. The Morgan fingerprint density at radius 2 is 1.79 bits per heavy atom. The van der Waals surface area contributed by atoms with Gasteiger partial charge < -0.3 is 30.3 Å². The van der Waals surface area contributed by atoms with Gasteiger partial charge in [-0.15, -0.1) is 0 Å². The van der Waals surface area contributed by atoms with Crippen molar-refractivity contribution >= 4 is 23.6 Å². The Balaban J connectivity index is 1.53. The summed E-state index contributed by atoms with van der Waals surface area (Å²) in [4.78, 5) is 69.0. The Morgan fingerprint density at radius 3 is 2.53 bits per heavy atom. The average Bonchev–Trinajstić information content (AvgIpc) is 3.48. The van der Waals surface area contributed by atoms with E-state index >= 15 is 0 Å². The topological polar surface area (TPSA) is 164 Å². The molecule has 4 rings (SSSR count). The summed E-state index contributed by atoms with van der Waals surface area (Å²) in [7, 11) is 0. The highest BCUT2D eigenvalue weighted by molar-refractivity contribution is 5.93. The van der Waals surface area contributed by atoms with Gasteiger partial charge in [-0.3, -0.25) is 24.0 Å². The lowest BCUT2D eigenvalue weighted by atomic mass is 10.00. The molecule has 0 fully saturated rings. The van der Waals surface area contributed by atoms with Crippen molar-refractivity contribution in [2.75, 3.05) is 6.54 Å². The maximum Gasteiger partial charge on any atom is 0.273 e. The van der Waals surface area contributed by atoms with E-state index in [1.54, 1.807) is 18.3 Å². The number of aryl methyl sites for hydroxylation is 1. The van der Waals surface area contributed by atoms with Crippen molar-refractivity contribution in [2.24, 2.45) is 5.92 Å². The fraction of sp³-hybridized carbons (Fsp3) is 0.419. The molecule has 0 spiro atoms. The lowest BCUT2D eigenvalue weighted by Crippen LogP contribution is -2.56. The van der Waals surface area contributed by atoms with E-state index in [1.165, 1.54) is 16.9 Å². The molecule has 2 aromatic heterocycles. The average molecular weight is 591 g/mol. The number of nitrogens with one attached hydrogen (secondary N) is 4. The Hall–Kier alpha value is -4.74. The van der Waals surface area contributed by atoms with E-state index in [9.17, 15) is 24.0 Å². The SMILES string of the molecule is CC(C)[C@@H]1NC(=O)[C@@H](NC(=O)CCn2ccccc2=O)CCCCNC(=O)c2coc(n2)[C@@H](Cc2ccccc2)NC1=O. The van der Waals surface area contributed by atoms with Crippen LogP contribution in [-0.2, 0) is 27.3 Å².